The second kappa shape index (κ2) is 8.71. The molecule has 1 aromatic heterocycles. The highest BCUT2D eigenvalue weighted by atomic mass is 32.2. The number of aromatic carboxylic acids is 1. The van der Waals surface area contributed by atoms with Gasteiger partial charge in [0, 0.05) is 29.2 Å². The Morgan fingerprint density at radius 1 is 1.03 bits per heavy atom. The minimum Gasteiger partial charge on any atom is -0.478 e. The molecule has 0 unspecified atom stereocenters. The number of carboxylic acids is 1. The Balaban J connectivity index is 1.50. The zero-order chi connectivity index (χ0) is 22.1. The molecule has 5 rings (SSSR count). The molecule has 5 nitrogen and oxygen atoms in total. The molecule has 6 heteroatoms. The van der Waals surface area contributed by atoms with Gasteiger partial charge >= 0.3 is 5.97 Å². The van der Waals surface area contributed by atoms with Crippen molar-refractivity contribution in [3.05, 3.63) is 78.4 Å². The highest BCUT2D eigenvalue weighted by Crippen LogP contribution is 2.38. The number of hydrogen-bond donors (Lipinski definition) is 1. The van der Waals surface area contributed by atoms with E-state index in [-0.39, 0.29) is 5.56 Å². The second-order valence-electron chi connectivity index (χ2n) is 8.20. The molecule has 0 aliphatic heterocycles. The summed E-state index contributed by atoms with van der Waals surface area (Å²) in [4.78, 5) is 17.5. The predicted molar refractivity (Wildman–Crippen MR) is 130 cm³/mol. The van der Waals surface area contributed by atoms with Crippen LogP contribution in [0.2, 0.25) is 0 Å². The summed E-state index contributed by atoms with van der Waals surface area (Å²) in [6, 6.07) is 24.5. The monoisotopic (exact) mass is 443 g/mol. The van der Waals surface area contributed by atoms with Crippen molar-refractivity contribution in [2.75, 3.05) is 11.4 Å². The van der Waals surface area contributed by atoms with E-state index in [1.165, 1.54) is 17.7 Å². The first kappa shape index (κ1) is 20.6. The molecule has 162 valence electrons. The van der Waals surface area contributed by atoms with E-state index in [2.05, 4.69) is 52.3 Å². The summed E-state index contributed by atoms with van der Waals surface area (Å²) in [6.45, 7) is 0. The van der Waals surface area contributed by atoms with E-state index in [9.17, 15) is 9.90 Å². The molecule has 3 aromatic carbocycles. The number of carbonyl (C=O) groups is 1. The second-order valence-corrected chi connectivity index (χ2v) is 9.40. The van der Waals surface area contributed by atoms with Crippen molar-refractivity contribution in [2.24, 2.45) is 0 Å². The van der Waals surface area contributed by atoms with Gasteiger partial charge in [-0.15, -0.1) is 0 Å². The highest BCUT2D eigenvalue weighted by Gasteiger charge is 2.24. The predicted octanol–water partition coefficient (Wildman–Crippen LogP) is 6.66. The normalized spacial score (nSPS) is 14.2. The quantitative estimate of drug-likeness (QED) is 0.338. The van der Waals surface area contributed by atoms with Crippen molar-refractivity contribution < 1.29 is 9.90 Å². The Morgan fingerprint density at radius 3 is 2.44 bits per heavy atom. The number of benzene rings is 3. The van der Waals surface area contributed by atoms with Crippen LogP contribution >= 0.6 is 11.9 Å². The number of fused-ring (bicyclic) bond motifs is 1. The van der Waals surface area contributed by atoms with Crippen molar-refractivity contribution in [1.82, 2.24) is 9.55 Å². The van der Waals surface area contributed by atoms with E-state index in [4.69, 9.17) is 4.98 Å². The van der Waals surface area contributed by atoms with Crippen molar-refractivity contribution >= 4 is 34.6 Å². The van der Waals surface area contributed by atoms with Crippen LogP contribution in [0, 0.1) is 0 Å². The van der Waals surface area contributed by atoms with Crippen LogP contribution < -0.4 is 4.31 Å². The molecule has 0 atom stereocenters. The van der Waals surface area contributed by atoms with Crippen molar-refractivity contribution in [1.29, 1.82) is 0 Å². The fraction of sp³-hybridized carbons (Fsp3) is 0.231. The van der Waals surface area contributed by atoms with Gasteiger partial charge in [-0.2, -0.15) is 0 Å². The minimum atomic E-state index is -0.924. The van der Waals surface area contributed by atoms with Gasteiger partial charge in [0.25, 0.3) is 0 Å². The van der Waals surface area contributed by atoms with Crippen LogP contribution in [0.25, 0.3) is 22.4 Å². The molecular weight excluding hydrogens is 418 g/mol. The topological polar surface area (TPSA) is 58.4 Å². The van der Waals surface area contributed by atoms with Crippen LogP contribution in [0.1, 0.15) is 42.1 Å². The fourth-order valence-electron chi connectivity index (χ4n) is 4.48. The summed E-state index contributed by atoms with van der Waals surface area (Å²) in [5.41, 5.74) is 4.19. The molecule has 0 spiro atoms. The summed E-state index contributed by atoms with van der Waals surface area (Å²) in [5, 5.41) is 9.40. The third-order valence-corrected chi connectivity index (χ3v) is 7.07. The van der Waals surface area contributed by atoms with E-state index in [1.807, 2.05) is 24.3 Å². The first-order valence-electron chi connectivity index (χ1n) is 10.9. The molecule has 32 heavy (non-hydrogen) atoms. The highest BCUT2D eigenvalue weighted by molar-refractivity contribution is 8.00. The van der Waals surface area contributed by atoms with E-state index in [0.717, 1.165) is 41.0 Å². The molecule has 0 amide bonds. The molecular formula is C26H25N3O2S. The maximum Gasteiger partial charge on any atom is 0.335 e. The number of rotatable bonds is 6. The van der Waals surface area contributed by atoms with Crippen molar-refractivity contribution in [3.63, 3.8) is 0 Å². The molecule has 1 aliphatic rings. The van der Waals surface area contributed by atoms with Gasteiger partial charge in [0.1, 0.15) is 5.82 Å². The van der Waals surface area contributed by atoms with Gasteiger partial charge in [0.15, 0.2) is 0 Å². The molecule has 1 aliphatic carbocycles. The fourth-order valence-corrected chi connectivity index (χ4v) is 5.30. The van der Waals surface area contributed by atoms with Gasteiger partial charge in [-0.05, 0) is 79.4 Å². The van der Waals surface area contributed by atoms with Gasteiger partial charge in [-0.25, -0.2) is 9.78 Å². The lowest BCUT2D eigenvalue weighted by Crippen LogP contribution is -2.08. The van der Waals surface area contributed by atoms with Gasteiger partial charge in [-0.1, -0.05) is 31.0 Å². The summed E-state index contributed by atoms with van der Waals surface area (Å²) < 4.78 is 4.48. The Morgan fingerprint density at radius 2 is 1.75 bits per heavy atom. The van der Waals surface area contributed by atoms with Gasteiger partial charge in [0.05, 0.1) is 16.6 Å². The largest absolute Gasteiger partial charge is 0.478 e. The zero-order valence-corrected chi connectivity index (χ0v) is 18.8. The number of imidazole rings is 1. The summed E-state index contributed by atoms with van der Waals surface area (Å²) in [6.07, 6.45) is 4.70. The Bertz CT molecular complexity index is 1250. The van der Waals surface area contributed by atoms with Gasteiger partial charge in [0.2, 0.25) is 0 Å². The lowest BCUT2D eigenvalue weighted by atomic mass is 10.1. The van der Waals surface area contributed by atoms with Crippen LogP contribution in [0.5, 0.6) is 0 Å². The van der Waals surface area contributed by atoms with Crippen molar-refractivity contribution in [3.8, 4) is 11.4 Å². The summed E-state index contributed by atoms with van der Waals surface area (Å²) in [5.74, 6) is -0.00785. The van der Waals surface area contributed by atoms with Crippen LogP contribution in [0.3, 0.4) is 0 Å². The number of hydrogen-bond acceptors (Lipinski definition) is 4. The molecule has 4 aromatic rings. The first-order chi connectivity index (χ1) is 15.6. The molecule has 0 saturated heterocycles. The Labute approximate surface area is 191 Å². The van der Waals surface area contributed by atoms with E-state index < -0.39 is 5.97 Å². The number of anilines is 1. The van der Waals surface area contributed by atoms with E-state index >= 15 is 0 Å². The molecule has 1 fully saturated rings. The lowest BCUT2D eigenvalue weighted by Gasteiger charge is -2.19. The average Bonchev–Trinajstić information content (AvgIpc) is 3.47. The zero-order valence-electron chi connectivity index (χ0n) is 17.9. The van der Waals surface area contributed by atoms with Crippen LogP contribution in [-0.2, 0) is 0 Å². The minimum absolute atomic E-state index is 0.273. The molecule has 0 bridgehead atoms. The molecule has 0 radical (unpaired) electrons. The van der Waals surface area contributed by atoms with E-state index in [0.29, 0.717) is 6.04 Å². The SMILES string of the molecule is CN(Sc1ccccc1)c1ccc(-c2nc3cc(C(=O)O)ccc3n2C2CCCC2)cc1. The van der Waals surface area contributed by atoms with Crippen molar-refractivity contribution in [2.45, 2.75) is 36.6 Å². The van der Waals surface area contributed by atoms with Gasteiger partial charge < -0.3 is 14.0 Å². The third-order valence-electron chi connectivity index (χ3n) is 6.10. The first-order valence-corrected chi connectivity index (χ1v) is 11.7. The third kappa shape index (κ3) is 3.98. The maximum atomic E-state index is 11.5. The molecule has 1 N–H and O–H groups in total. The number of nitrogens with zero attached hydrogens (tertiary/aromatic N) is 3. The molecule has 1 heterocycles. The van der Waals surface area contributed by atoms with E-state index in [1.54, 1.807) is 24.1 Å². The molecule has 1 saturated carbocycles. The van der Waals surface area contributed by atoms with Crippen LogP contribution in [0.15, 0.2) is 77.7 Å². The summed E-state index contributed by atoms with van der Waals surface area (Å²) >= 11 is 1.69. The van der Waals surface area contributed by atoms with Gasteiger partial charge in [-0.3, -0.25) is 0 Å². The van der Waals surface area contributed by atoms with Crippen LogP contribution in [0.4, 0.5) is 5.69 Å². The average molecular weight is 444 g/mol. The smallest absolute Gasteiger partial charge is 0.335 e. The van der Waals surface area contributed by atoms with Crippen LogP contribution in [-0.4, -0.2) is 27.7 Å². The maximum absolute atomic E-state index is 11.5. The summed E-state index contributed by atoms with van der Waals surface area (Å²) in [7, 11) is 2.06. The lowest BCUT2D eigenvalue weighted by molar-refractivity contribution is 0.0697. The Kier molecular flexibility index (Phi) is 5.62. The standard InChI is InChI=1S/C26H25N3O2S/c1-28(32-22-9-3-2-4-10-22)20-14-11-18(12-15-20)25-27-23-17-19(26(30)31)13-16-24(23)29(25)21-7-5-6-8-21/h2-4,9-17,21H,5-8H2,1H3,(H,30,31). The number of aromatic nitrogens is 2. The Hall–Kier alpha value is -3.25. The number of carboxylic acid groups (broad SMARTS) is 1.